The van der Waals surface area contributed by atoms with E-state index in [-0.39, 0.29) is 0 Å². The summed E-state index contributed by atoms with van der Waals surface area (Å²) in [5, 5.41) is 3.30. The predicted octanol–water partition coefficient (Wildman–Crippen LogP) is 1.65. The first-order valence-corrected chi connectivity index (χ1v) is 4.32. The molecule has 1 aromatic rings. The molecule has 0 atom stereocenters. The van der Waals surface area contributed by atoms with Crippen molar-refractivity contribution in [1.29, 1.82) is 0 Å². The van der Waals surface area contributed by atoms with Gasteiger partial charge in [-0.15, -0.1) is 0 Å². The van der Waals surface area contributed by atoms with E-state index in [1.807, 2.05) is 6.20 Å². The Hall–Kier alpha value is -0.320. The van der Waals surface area contributed by atoms with E-state index >= 15 is 0 Å². The highest BCUT2D eigenvalue weighted by molar-refractivity contribution is 14.1. The van der Waals surface area contributed by atoms with E-state index in [4.69, 9.17) is 0 Å². The zero-order valence-electron chi connectivity index (χ0n) is 5.39. The van der Waals surface area contributed by atoms with Gasteiger partial charge in [-0.2, -0.15) is 0 Å². The molecule has 52 valence electrons. The fraction of sp³-hybridized carbons (Fsp3) is 0.286. The molecule has 0 spiro atoms. The van der Waals surface area contributed by atoms with Crippen LogP contribution in [0.15, 0.2) is 12.3 Å². The molecular weight excluding hydrogens is 239 g/mol. The van der Waals surface area contributed by atoms with Gasteiger partial charge in [0.1, 0.15) is 3.70 Å². The summed E-state index contributed by atoms with van der Waals surface area (Å²) in [6.07, 6.45) is 3.08. The maximum atomic E-state index is 4.20. The summed E-state index contributed by atoms with van der Waals surface area (Å²) in [5.41, 5.74) is 2.61. The third kappa shape index (κ3) is 0.982. The standard InChI is InChI=1S/C7H7IN2/c8-7-3-6-5(4-10-7)1-2-9-6/h3-4,9H,1-2H2. The van der Waals surface area contributed by atoms with Crippen molar-refractivity contribution in [1.82, 2.24) is 4.98 Å². The van der Waals surface area contributed by atoms with Gasteiger partial charge in [-0.1, -0.05) is 0 Å². The maximum absolute atomic E-state index is 4.20. The van der Waals surface area contributed by atoms with Gasteiger partial charge in [-0.25, -0.2) is 4.98 Å². The number of halogens is 1. The van der Waals surface area contributed by atoms with Crippen molar-refractivity contribution in [2.24, 2.45) is 0 Å². The zero-order chi connectivity index (χ0) is 6.97. The molecule has 3 heteroatoms. The van der Waals surface area contributed by atoms with Crippen molar-refractivity contribution in [2.45, 2.75) is 6.42 Å². The number of aromatic nitrogens is 1. The number of nitrogens with one attached hydrogen (secondary N) is 1. The average molecular weight is 246 g/mol. The van der Waals surface area contributed by atoms with Crippen LogP contribution in [0.3, 0.4) is 0 Å². The molecule has 0 aliphatic carbocycles. The average Bonchev–Trinajstić information content (AvgIpc) is 2.33. The summed E-state index contributed by atoms with van der Waals surface area (Å²) in [6, 6.07) is 2.09. The molecule has 1 aliphatic rings. The lowest BCUT2D eigenvalue weighted by Crippen LogP contribution is -1.91. The van der Waals surface area contributed by atoms with Gasteiger partial charge in [0.05, 0.1) is 0 Å². The second kappa shape index (κ2) is 2.38. The molecule has 0 unspecified atom stereocenters. The van der Waals surface area contributed by atoms with Crippen LogP contribution in [0.4, 0.5) is 5.69 Å². The first-order chi connectivity index (χ1) is 4.86. The molecule has 1 N–H and O–H groups in total. The van der Waals surface area contributed by atoms with Gasteiger partial charge in [0, 0.05) is 18.4 Å². The smallest absolute Gasteiger partial charge is 0.103 e. The lowest BCUT2D eigenvalue weighted by atomic mass is 10.2. The molecule has 0 amide bonds. The first-order valence-electron chi connectivity index (χ1n) is 3.24. The Morgan fingerprint density at radius 2 is 2.50 bits per heavy atom. The molecule has 1 aliphatic heterocycles. The molecule has 10 heavy (non-hydrogen) atoms. The van der Waals surface area contributed by atoms with Gasteiger partial charge in [0.15, 0.2) is 0 Å². The van der Waals surface area contributed by atoms with E-state index in [0.29, 0.717) is 0 Å². The Bertz CT molecular complexity index is 260. The third-order valence-electron chi connectivity index (χ3n) is 1.66. The highest BCUT2D eigenvalue weighted by Gasteiger charge is 2.09. The molecule has 2 nitrogen and oxygen atoms in total. The van der Waals surface area contributed by atoms with Crippen molar-refractivity contribution < 1.29 is 0 Å². The molecule has 0 saturated heterocycles. The minimum atomic E-state index is 1.06. The lowest BCUT2D eigenvalue weighted by molar-refractivity contribution is 1.09. The lowest BCUT2D eigenvalue weighted by Gasteiger charge is -1.97. The minimum absolute atomic E-state index is 1.06. The van der Waals surface area contributed by atoms with Crippen molar-refractivity contribution in [2.75, 3.05) is 11.9 Å². The highest BCUT2D eigenvalue weighted by Crippen LogP contribution is 2.21. The Kier molecular flexibility index (Phi) is 1.52. The molecule has 0 radical (unpaired) electrons. The van der Waals surface area contributed by atoms with Crippen LogP contribution in [0.2, 0.25) is 0 Å². The summed E-state index contributed by atoms with van der Waals surface area (Å²) in [7, 11) is 0. The SMILES string of the molecule is Ic1cc2c(cn1)CCN2. The summed E-state index contributed by atoms with van der Waals surface area (Å²) in [6.45, 7) is 1.07. The third-order valence-corrected chi connectivity index (χ3v) is 2.25. The van der Waals surface area contributed by atoms with Gasteiger partial charge in [-0.05, 0) is 40.6 Å². The Balaban J connectivity index is 2.52. The molecule has 0 aromatic carbocycles. The monoisotopic (exact) mass is 246 g/mol. The van der Waals surface area contributed by atoms with E-state index in [2.05, 4.69) is 39.0 Å². The molecule has 0 bridgehead atoms. The van der Waals surface area contributed by atoms with E-state index in [9.17, 15) is 0 Å². The van der Waals surface area contributed by atoms with Crippen molar-refractivity contribution in [3.63, 3.8) is 0 Å². The summed E-state index contributed by atoms with van der Waals surface area (Å²) in [4.78, 5) is 4.20. The second-order valence-corrected chi connectivity index (χ2v) is 3.45. The van der Waals surface area contributed by atoms with Crippen molar-refractivity contribution in [3.8, 4) is 0 Å². The number of nitrogens with zero attached hydrogens (tertiary/aromatic N) is 1. The minimum Gasteiger partial charge on any atom is -0.384 e. The number of fused-ring (bicyclic) bond motifs is 1. The normalized spacial score (nSPS) is 14.5. The Morgan fingerprint density at radius 1 is 1.60 bits per heavy atom. The van der Waals surface area contributed by atoms with Crippen LogP contribution in [0.5, 0.6) is 0 Å². The van der Waals surface area contributed by atoms with E-state index in [0.717, 1.165) is 16.7 Å². The van der Waals surface area contributed by atoms with Gasteiger partial charge in [-0.3, -0.25) is 0 Å². The number of hydrogen-bond donors (Lipinski definition) is 1. The van der Waals surface area contributed by atoms with Crippen LogP contribution in [-0.2, 0) is 6.42 Å². The van der Waals surface area contributed by atoms with Gasteiger partial charge in [0.25, 0.3) is 0 Å². The van der Waals surface area contributed by atoms with Gasteiger partial charge in [0.2, 0.25) is 0 Å². The van der Waals surface area contributed by atoms with E-state index in [1.165, 1.54) is 11.3 Å². The second-order valence-electron chi connectivity index (χ2n) is 2.34. The predicted molar refractivity (Wildman–Crippen MR) is 49.1 cm³/mol. The van der Waals surface area contributed by atoms with E-state index < -0.39 is 0 Å². The zero-order valence-corrected chi connectivity index (χ0v) is 7.55. The van der Waals surface area contributed by atoms with Crippen LogP contribution in [-0.4, -0.2) is 11.5 Å². The van der Waals surface area contributed by atoms with Crippen LogP contribution < -0.4 is 5.32 Å². The maximum Gasteiger partial charge on any atom is 0.103 e. The molecule has 0 saturated carbocycles. The summed E-state index contributed by atoms with van der Waals surface area (Å²) >= 11 is 2.22. The quantitative estimate of drug-likeness (QED) is 0.556. The molecule has 1 aromatic heterocycles. The Morgan fingerprint density at radius 3 is 3.40 bits per heavy atom. The number of pyridine rings is 1. The van der Waals surface area contributed by atoms with Gasteiger partial charge >= 0.3 is 0 Å². The topological polar surface area (TPSA) is 24.9 Å². The molecular formula is C7H7IN2. The van der Waals surface area contributed by atoms with E-state index in [1.54, 1.807) is 0 Å². The number of hydrogen-bond acceptors (Lipinski definition) is 2. The van der Waals surface area contributed by atoms with Crippen LogP contribution >= 0.6 is 22.6 Å². The van der Waals surface area contributed by atoms with Crippen LogP contribution in [0, 0.1) is 3.70 Å². The summed E-state index contributed by atoms with van der Waals surface area (Å²) < 4.78 is 1.06. The first kappa shape index (κ1) is 6.39. The molecule has 0 fully saturated rings. The van der Waals surface area contributed by atoms with Crippen molar-refractivity contribution in [3.05, 3.63) is 21.5 Å². The molecule has 2 heterocycles. The van der Waals surface area contributed by atoms with Crippen molar-refractivity contribution >= 4 is 28.3 Å². The van der Waals surface area contributed by atoms with Gasteiger partial charge < -0.3 is 5.32 Å². The van der Waals surface area contributed by atoms with Crippen LogP contribution in [0.1, 0.15) is 5.56 Å². The highest BCUT2D eigenvalue weighted by atomic mass is 127. The number of rotatable bonds is 0. The fourth-order valence-electron chi connectivity index (χ4n) is 1.15. The Labute approximate surface area is 73.2 Å². The van der Waals surface area contributed by atoms with Crippen LogP contribution in [0.25, 0.3) is 0 Å². The fourth-order valence-corrected chi connectivity index (χ4v) is 1.60. The summed E-state index contributed by atoms with van der Waals surface area (Å²) in [5.74, 6) is 0. The molecule has 2 rings (SSSR count). The largest absolute Gasteiger partial charge is 0.384 e. The number of anilines is 1.